The van der Waals surface area contributed by atoms with Crippen LogP contribution in [0.3, 0.4) is 0 Å². The zero-order valence-electron chi connectivity index (χ0n) is 22.5. The van der Waals surface area contributed by atoms with E-state index in [1.807, 2.05) is 44.7 Å². The maximum Gasteiger partial charge on any atom is 0.407 e. The van der Waals surface area contributed by atoms with Gasteiger partial charge in [-0.05, 0) is 70.6 Å². The fourth-order valence-electron chi connectivity index (χ4n) is 5.27. The van der Waals surface area contributed by atoms with Crippen molar-refractivity contribution >= 4 is 29.4 Å². The highest BCUT2D eigenvalue weighted by Gasteiger charge is 2.40. The topological polar surface area (TPSA) is 87.7 Å². The highest BCUT2D eigenvalue weighted by atomic mass is 35.5. The van der Waals surface area contributed by atoms with Crippen LogP contribution in [0.25, 0.3) is 0 Å². The third-order valence-corrected chi connectivity index (χ3v) is 7.62. The molecule has 1 N–H and O–H groups in total. The normalized spacial score (nSPS) is 19.2. The summed E-state index contributed by atoms with van der Waals surface area (Å²) in [4.78, 5) is 39.5. The van der Waals surface area contributed by atoms with Gasteiger partial charge in [-0.2, -0.15) is 0 Å². The molecular formula is C28H38ClN5O3. The molecule has 2 amide bonds. The first-order valence-corrected chi connectivity index (χ1v) is 13.5. The lowest BCUT2D eigenvalue weighted by molar-refractivity contribution is -0.137. The van der Waals surface area contributed by atoms with Crippen molar-refractivity contribution in [3.8, 4) is 0 Å². The van der Waals surface area contributed by atoms with Gasteiger partial charge in [0, 0.05) is 49.0 Å². The van der Waals surface area contributed by atoms with Crippen molar-refractivity contribution in [3.63, 3.8) is 0 Å². The number of rotatable bonds is 6. The number of aromatic nitrogens is 2. The number of alkyl carbamates (subject to hydrolysis) is 1. The molecule has 37 heavy (non-hydrogen) atoms. The van der Waals surface area contributed by atoms with Crippen molar-refractivity contribution < 1.29 is 14.3 Å². The Morgan fingerprint density at radius 3 is 2.41 bits per heavy atom. The van der Waals surface area contributed by atoms with Crippen LogP contribution in [0.5, 0.6) is 0 Å². The molecule has 1 aliphatic heterocycles. The van der Waals surface area contributed by atoms with Crippen molar-refractivity contribution in [3.05, 3.63) is 52.4 Å². The minimum Gasteiger partial charge on any atom is -0.444 e. The van der Waals surface area contributed by atoms with Crippen molar-refractivity contribution in [1.82, 2.24) is 20.2 Å². The molecule has 0 radical (unpaired) electrons. The first-order valence-electron chi connectivity index (χ1n) is 13.1. The fourth-order valence-corrected chi connectivity index (χ4v) is 5.39. The van der Waals surface area contributed by atoms with E-state index in [4.69, 9.17) is 16.3 Å². The number of anilines is 1. The summed E-state index contributed by atoms with van der Waals surface area (Å²) in [7, 11) is 0. The van der Waals surface area contributed by atoms with Crippen LogP contribution in [-0.2, 0) is 21.4 Å². The Bertz CT molecular complexity index is 1130. The Balaban J connectivity index is 1.46. The van der Waals surface area contributed by atoms with Crippen LogP contribution in [0, 0.1) is 0 Å². The number of ether oxygens (including phenoxy) is 1. The molecule has 1 fully saturated rings. The number of aryl methyl sites for hydroxylation is 1. The van der Waals surface area contributed by atoms with E-state index in [1.165, 1.54) is 5.56 Å². The molecule has 2 aromatic rings. The molecule has 0 bridgehead atoms. The smallest absolute Gasteiger partial charge is 0.407 e. The van der Waals surface area contributed by atoms with E-state index in [0.717, 1.165) is 43.0 Å². The highest BCUT2D eigenvalue weighted by molar-refractivity contribution is 6.30. The number of piperazine rings is 1. The monoisotopic (exact) mass is 527 g/mol. The molecule has 8 nitrogen and oxygen atoms in total. The Morgan fingerprint density at radius 1 is 1.08 bits per heavy atom. The summed E-state index contributed by atoms with van der Waals surface area (Å²) in [6.07, 6.45) is 3.72. The third kappa shape index (κ3) is 6.17. The summed E-state index contributed by atoms with van der Waals surface area (Å²) in [6.45, 7) is 12.6. The summed E-state index contributed by atoms with van der Waals surface area (Å²) in [5, 5.41) is 3.43. The zero-order chi connectivity index (χ0) is 26.8. The molecule has 4 rings (SSSR count). The van der Waals surface area contributed by atoms with Gasteiger partial charge in [-0.15, -0.1) is 0 Å². The molecule has 2 heterocycles. The Labute approximate surface area is 224 Å². The second-order valence-corrected chi connectivity index (χ2v) is 11.7. The number of benzene rings is 1. The standard InChI is InChI=1S/C28H38ClN5O3/c1-19-6-11-22-23(19)24(32-18-31-22)33-14-16-34(17-15-33)25(35)28(5,20-7-9-21(29)10-8-20)12-13-30-26(36)37-27(2,3)4/h7-10,18-19H,6,11-17H2,1-5H3,(H,30,36). The second kappa shape index (κ2) is 10.9. The second-order valence-electron chi connectivity index (χ2n) is 11.3. The Hall–Kier alpha value is -2.87. The molecule has 9 heteroatoms. The number of fused-ring (bicyclic) bond motifs is 1. The molecule has 2 aliphatic rings. The maximum atomic E-state index is 14.0. The van der Waals surface area contributed by atoms with E-state index in [1.54, 1.807) is 18.5 Å². The van der Waals surface area contributed by atoms with Gasteiger partial charge in [-0.1, -0.05) is 30.7 Å². The number of carbonyl (C=O) groups is 2. The lowest BCUT2D eigenvalue weighted by Crippen LogP contribution is -2.54. The summed E-state index contributed by atoms with van der Waals surface area (Å²) >= 11 is 6.14. The first kappa shape index (κ1) is 27.2. The van der Waals surface area contributed by atoms with Crippen molar-refractivity contribution in [1.29, 1.82) is 0 Å². The number of nitrogens with one attached hydrogen (secondary N) is 1. The molecule has 200 valence electrons. The first-order chi connectivity index (χ1) is 17.5. The van der Waals surface area contributed by atoms with E-state index in [0.29, 0.717) is 37.0 Å². The summed E-state index contributed by atoms with van der Waals surface area (Å²) in [6, 6.07) is 7.40. The Kier molecular flexibility index (Phi) is 7.97. The van der Waals surface area contributed by atoms with E-state index in [2.05, 4.69) is 27.1 Å². The molecular weight excluding hydrogens is 490 g/mol. The lowest BCUT2D eigenvalue weighted by Gasteiger charge is -2.41. The van der Waals surface area contributed by atoms with E-state index >= 15 is 0 Å². The summed E-state index contributed by atoms with van der Waals surface area (Å²) in [5.74, 6) is 1.52. The number of halogens is 1. The van der Waals surface area contributed by atoms with Gasteiger partial charge in [-0.3, -0.25) is 4.79 Å². The quantitative estimate of drug-likeness (QED) is 0.586. The molecule has 1 aliphatic carbocycles. The van der Waals surface area contributed by atoms with Crippen LogP contribution in [0.15, 0.2) is 30.6 Å². The number of carbonyl (C=O) groups excluding carboxylic acids is 2. The number of hydrogen-bond donors (Lipinski definition) is 1. The molecule has 0 saturated carbocycles. The van der Waals surface area contributed by atoms with Crippen LogP contribution >= 0.6 is 11.6 Å². The van der Waals surface area contributed by atoms with Gasteiger partial charge in [0.2, 0.25) is 5.91 Å². The van der Waals surface area contributed by atoms with Gasteiger partial charge in [0.25, 0.3) is 0 Å². The third-order valence-electron chi connectivity index (χ3n) is 7.37. The van der Waals surface area contributed by atoms with Crippen LogP contribution in [0.4, 0.5) is 10.6 Å². The van der Waals surface area contributed by atoms with Gasteiger partial charge in [0.05, 0.1) is 5.41 Å². The van der Waals surface area contributed by atoms with Gasteiger partial charge in [-0.25, -0.2) is 14.8 Å². The van der Waals surface area contributed by atoms with Crippen LogP contribution < -0.4 is 10.2 Å². The van der Waals surface area contributed by atoms with Gasteiger partial charge >= 0.3 is 6.09 Å². The molecule has 2 unspecified atom stereocenters. The van der Waals surface area contributed by atoms with Crippen LogP contribution in [0.2, 0.25) is 5.02 Å². The summed E-state index contributed by atoms with van der Waals surface area (Å²) in [5.41, 5.74) is 1.88. The van der Waals surface area contributed by atoms with Gasteiger partial charge in [0.15, 0.2) is 0 Å². The lowest BCUT2D eigenvalue weighted by atomic mass is 9.78. The van der Waals surface area contributed by atoms with Crippen LogP contribution in [-0.4, -0.2) is 65.2 Å². The highest BCUT2D eigenvalue weighted by Crippen LogP contribution is 2.37. The molecule has 0 spiro atoms. The number of hydrogen-bond acceptors (Lipinski definition) is 6. The zero-order valence-corrected chi connectivity index (χ0v) is 23.3. The molecule has 1 aromatic carbocycles. The summed E-state index contributed by atoms with van der Waals surface area (Å²) < 4.78 is 5.36. The van der Waals surface area contributed by atoms with Crippen molar-refractivity contribution in [2.24, 2.45) is 0 Å². The predicted octanol–water partition coefficient (Wildman–Crippen LogP) is 4.70. The number of amides is 2. The number of nitrogens with zero attached hydrogens (tertiary/aromatic N) is 4. The molecule has 2 atom stereocenters. The van der Waals surface area contributed by atoms with E-state index in [9.17, 15) is 9.59 Å². The average molecular weight is 528 g/mol. The minimum absolute atomic E-state index is 0.0433. The SMILES string of the molecule is CC1CCc2ncnc(N3CCN(C(=O)C(C)(CCNC(=O)OC(C)(C)C)c4ccc(Cl)cc4)CC3)c21. The minimum atomic E-state index is -0.827. The Morgan fingerprint density at radius 2 is 1.76 bits per heavy atom. The predicted molar refractivity (Wildman–Crippen MR) is 145 cm³/mol. The van der Waals surface area contributed by atoms with Crippen molar-refractivity contribution in [2.75, 3.05) is 37.6 Å². The average Bonchev–Trinajstić information content (AvgIpc) is 3.24. The molecule has 1 saturated heterocycles. The van der Waals surface area contributed by atoms with E-state index < -0.39 is 17.1 Å². The molecule has 1 aromatic heterocycles. The maximum absolute atomic E-state index is 14.0. The van der Waals surface area contributed by atoms with E-state index in [-0.39, 0.29) is 5.91 Å². The fraction of sp³-hybridized carbons (Fsp3) is 0.571. The van der Waals surface area contributed by atoms with Crippen molar-refractivity contribution in [2.45, 2.75) is 70.8 Å². The van der Waals surface area contributed by atoms with Gasteiger partial charge in [0.1, 0.15) is 17.7 Å². The van der Waals surface area contributed by atoms with Crippen LogP contribution in [0.1, 0.15) is 70.2 Å². The largest absolute Gasteiger partial charge is 0.444 e. The van der Waals surface area contributed by atoms with Gasteiger partial charge < -0.3 is 19.9 Å².